The average molecular weight is 276 g/mol. The molecule has 1 N–H and O–H groups in total. The average Bonchev–Trinajstić information content (AvgIpc) is 2.34. The van der Waals surface area contributed by atoms with E-state index in [0.717, 1.165) is 9.79 Å². The second-order valence-electron chi connectivity index (χ2n) is 4.73. The summed E-state index contributed by atoms with van der Waals surface area (Å²) in [5, 5.41) is 9.74. The number of hydrogen-bond donors (Lipinski definition) is 1. The lowest BCUT2D eigenvalue weighted by atomic mass is 10.1. The fourth-order valence-corrected chi connectivity index (χ4v) is 3.05. The lowest BCUT2D eigenvalue weighted by molar-refractivity contribution is 0.196. The lowest BCUT2D eigenvalue weighted by Gasteiger charge is -2.13. The molecule has 100 valence electrons. The maximum absolute atomic E-state index is 13.3. The summed E-state index contributed by atoms with van der Waals surface area (Å²) in [5.41, 5.74) is 3.03. The first-order chi connectivity index (χ1) is 8.97. The molecule has 1 nitrogen and oxygen atoms in total. The molecule has 3 heteroatoms. The van der Waals surface area contributed by atoms with Crippen LogP contribution in [0.4, 0.5) is 4.39 Å². The van der Waals surface area contributed by atoms with Crippen LogP contribution in [0, 0.1) is 19.7 Å². The van der Waals surface area contributed by atoms with Crippen LogP contribution in [-0.4, -0.2) is 5.11 Å². The van der Waals surface area contributed by atoms with E-state index in [1.165, 1.54) is 23.3 Å². The Balaban J connectivity index is 2.38. The zero-order valence-corrected chi connectivity index (χ0v) is 12.1. The van der Waals surface area contributed by atoms with E-state index in [9.17, 15) is 9.50 Å². The Morgan fingerprint density at radius 1 is 1.05 bits per heavy atom. The molecule has 0 saturated heterocycles. The highest BCUT2D eigenvalue weighted by molar-refractivity contribution is 7.99. The Labute approximate surface area is 117 Å². The van der Waals surface area contributed by atoms with E-state index in [1.807, 2.05) is 0 Å². The quantitative estimate of drug-likeness (QED) is 0.880. The van der Waals surface area contributed by atoms with Crippen LogP contribution in [0.5, 0.6) is 0 Å². The molecule has 0 bridgehead atoms. The van der Waals surface area contributed by atoms with Crippen molar-refractivity contribution in [1.29, 1.82) is 0 Å². The Hall–Kier alpha value is -1.32. The molecule has 0 aliphatic carbocycles. The minimum atomic E-state index is -0.677. The standard InChI is InChI=1S/C16H17FOS/c1-10-4-6-15(11(2)8-10)19-16-7-5-13(17)9-14(16)12(3)18/h4-9,12,18H,1-3H3. The summed E-state index contributed by atoms with van der Waals surface area (Å²) in [4.78, 5) is 2.02. The van der Waals surface area contributed by atoms with Crippen LogP contribution in [0.1, 0.15) is 29.7 Å². The molecular formula is C16H17FOS. The number of halogens is 1. The zero-order chi connectivity index (χ0) is 14.0. The van der Waals surface area contributed by atoms with Gasteiger partial charge in [-0.1, -0.05) is 29.5 Å². The third kappa shape index (κ3) is 3.37. The molecule has 0 heterocycles. The normalized spacial score (nSPS) is 12.5. The van der Waals surface area contributed by atoms with Crippen molar-refractivity contribution in [2.45, 2.75) is 36.7 Å². The summed E-state index contributed by atoms with van der Waals surface area (Å²) in [7, 11) is 0. The van der Waals surface area contributed by atoms with Crippen LogP contribution in [-0.2, 0) is 0 Å². The van der Waals surface area contributed by atoms with Gasteiger partial charge in [0.25, 0.3) is 0 Å². The third-order valence-corrected chi connectivity index (χ3v) is 4.24. The van der Waals surface area contributed by atoms with Gasteiger partial charge >= 0.3 is 0 Å². The molecule has 0 aliphatic rings. The second kappa shape index (κ2) is 5.76. The first-order valence-electron chi connectivity index (χ1n) is 6.20. The number of hydrogen-bond acceptors (Lipinski definition) is 2. The van der Waals surface area contributed by atoms with Gasteiger partial charge in [0.1, 0.15) is 5.82 Å². The number of rotatable bonds is 3. The molecule has 0 amide bonds. The Kier molecular flexibility index (Phi) is 4.27. The smallest absolute Gasteiger partial charge is 0.123 e. The topological polar surface area (TPSA) is 20.2 Å². The van der Waals surface area contributed by atoms with Crippen LogP contribution in [0.3, 0.4) is 0 Å². The van der Waals surface area contributed by atoms with Crippen LogP contribution >= 0.6 is 11.8 Å². The van der Waals surface area contributed by atoms with Crippen LogP contribution in [0.25, 0.3) is 0 Å². The van der Waals surface area contributed by atoms with E-state index in [4.69, 9.17) is 0 Å². The highest BCUT2D eigenvalue weighted by Crippen LogP contribution is 2.35. The molecule has 0 spiro atoms. The number of benzene rings is 2. The minimum absolute atomic E-state index is 0.319. The monoisotopic (exact) mass is 276 g/mol. The first-order valence-corrected chi connectivity index (χ1v) is 7.01. The van der Waals surface area contributed by atoms with Crippen molar-refractivity contribution < 1.29 is 9.50 Å². The van der Waals surface area contributed by atoms with E-state index < -0.39 is 6.10 Å². The van der Waals surface area contributed by atoms with Gasteiger partial charge in [-0.3, -0.25) is 0 Å². The van der Waals surface area contributed by atoms with Crippen LogP contribution in [0.2, 0.25) is 0 Å². The summed E-state index contributed by atoms with van der Waals surface area (Å²) < 4.78 is 13.3. The van der Waals surface area contributed by atoms with Crippen molar-refractivity contribution in [2.24, 2.45) is 0 Å². The van der Waals surface area contributed by atoms with Crippen LogP contribution < -0.4 is 0 Å². The SMILES string of the molecule is Cc1ccc(Sc2ccc(F)cc2C(C)O)c(C)c1. The minimum Gasteiger partial charge on any atom is -0.389 e. The molecule has 0 fully saturated rings. The summed E-state index contributed by atoms with van der Waals surface area (Å²) >= 11 is 1.56. The molecule has 2 aromatic carbocycles. The van der Waals surface area contributed by atoms with Crippen molar-refractivity contribution in [3.63, 3.8) is 0 Å². The summed E-state index contributed by atoms with van der Waals surface area (Å²) in [6, 6.07) is 10.8. The largest absolute Gasteiger partial charge is 0.389 e. The fraction of sp³-hybridized carbons (Fsp3) is 0.250. The van der Waals surface area contributed by atoms with Crippen molar-refractivity contribution in [3.8, 4) is 0 Å². The van der Waals surface area contributed by atoms with Gasteiger partial charge in [-0.15, -0.1) is 0 Å². The van der Waals surface area contributed by atoms with E-state index in [0.29, 0.717) is 5.56 Å². The van der Waals surface area contributed by atoms with Gasteiger partial charge in [0.15, 0.2) is 0 Å². The number of aliphatic hydroxyl groups is 1. The molecule has 0 radical (unpaired) electrons. The Morgan fingerprint density at radius 2 is 1.74 bits per heavy atom. The van der Waals surface area contributed by atoms with E-state index >= 15 is 0 Å². The fourth-order valence-electron chi connectivity index (χ4n) is 1.97. The Bertz CT molecular complexity index is 593. The summed E-state index contributed by atoms with van der Waals surface area (Å²) in [6.45, 7) is 5.77. The molecule has 1 unspecified atom stereocenters. The molecule has 19 heavy (non-hydrogen) atoms. The van der Waals surface area contributed by atoms with Gasteiger partial charge < -0.3 is 5.11 Å². The molecule has 1 atom stereocenters. The van der Waals surface area contributed by atoms with Crippen molar-refractivity contribution in [1.82, 2.24) is 0 Å². The van der Waals surface area contributed by atoms with Gasteiger partial charge in [-0.05, 0) is 56.2 Å². The van der Waals surface area contributed by atoms with Crippen LogP contribution in [0.15, 0.2) is 46.2 Å². The maximum atomic E-state index is 13.3. The highest BCUT2D eigenvalue weighted by Gasteiger charge is 2.11. The van der Waals surface area contributed by atoms with E-state index in [2.05, 4.69) is 32.0 Å². The lowest BCUT2D eigenvalue weighted by Crippen LogP contribution is -1.95. The maximum Gasteiger partial charge on any atom is 0.123 e. The summed E-state index contributed by atoms with van der Waals surface area (Å²) in [6.07, 6.45) is -0.677. The molecule has 0 aromatic heterocycles. The first kappa shape index (κ1) is 14.1. The van der Waals surface area contributed by atoms with Gasteiger partial charge in [0.05, 0.1) is 6.10 Å². The van der Waals surface area contributed by atoms with Gasteiger partial charge in [0.2, 0.25) is 0 Å². The van der Waals surface area contributed by atoms with Gasteiger partial charge in [-0.25, -0.2) is 4.39 Å². The van der Waals surface area contributed by atoms with Crippen molar-refractivity contribution in [3.05, 3.63) is 58.9 Å². The molecule has 2 aromatic rings. The van der Waals surface area contributed by atoms with Gasteiger partial charge in [0, 0.05) is 9.79 Å². The Morgan fingerprint density at radius 3 is 2.37 bits per heavy atom. The number of aryl methyl sites for hydroxylation is 2. The summed E-state index contributed by atoms with van der Waals surface area (Å²) in [5.74, 6) is -0.319. The molecule has 0 saturated carbocycles. The molecule has 0 aliphatic heterocycles. The van der Waals surface area contributed by atoms with E-state index in [-0.39, 0.29) is 5.82 Å². The number of aliphatic hydroxyl groups excluding tert-OH is 1. The molecular weight excluding hydrogens is 259 g/mol. The zero-order valence-electron chi connectivity index (χ0n) is 11.3. The second-order valence-corrected chi connectivity index (χ2v) is 5.81. The third-order valence-electron chi connectivity index (χ3n) is 2.97. The predicted molar refractivity (Wildman–Crippen MR) is 77.1 cm³/mol. The predicted octanol–water partition coefficient (Wildman–Crippen LogP) is 4.65. The van der Waals surface area contributed by atoms with E-state index in [1.54, 1.807) is 24.8 Å². The van der Waals surface area contributed by atoms with Crippen molar-refractivity contribution >= 4 is 11.8 Å². The highest BCUT2D eigenvalue weighted by atomic mass is 32.2. The molecule has 2 rings (SSSR count). The van der Waals surface area contributed by atoms with Crippen molar-refractivity contribution in [2.75, 3.05) is 0 Å². The van der Waals surface area contributed by atoms with Gasteiger partial charge in [-0.2, -0.15) is 0 Å².